The molecule has 0 unspecified atom stereocenters. The molecule has 1 atom stereocenters. The van der Waals surface area contributed by atoms with Crippen LogP contribution >= 0.6 is 15.9 Å². The second-order valence-corrected chi connectivity index (χ2v) is 6.50. The van der Waals surface area contributed by atoms with Crippen molar-refractivity contribution in [3.05, 3.63) is 22.3 Å². The van der Waals surface area contributed by atoms with E-state index in [1.807, 2.05) is 27.7 Å². The minimum atomic E-state index is -0.504. The number of hydrogen-bond acceptors (Lipinski definition) is 4. The molecule has 5 nitrogen and oxygen atoms in total. The van der Waals surface area contributed by atoms with Crippen LogP contribution in [0.25, 0.3) is 0 Å². The maximum absolute atomic E-state index is 11.6. The first-order valence-corrected chi connectivity index (χ1v) is 7.36. The Bertz CT molecular complexity index is 571. The number of pyridine rings is 1. The van der Waals surface area contributed by atoms with Gasteiger partial charge in [0.15, 0.2) is 0 Å². The summed E-state index contributed by atoms with van der Waals surface area (Å²) in [5.41, 5.74) is 5.81. The molecule has 0 aliphatic rings. The number of alkyl carbamates (subject to hydrolysis) is 1. The van der Waals surface area contributed by atoms with Crippen LogP contribution in [0.2, 0.25) is 0 Å². The van der Waals surface area contributed by atoms with Crippen molar-refractivity contribution < 1.29 is 9.53 Å². The Morgan fingerprint density at radius 3 is 2.81 bits per heavy atom. The van der Waals surface area contributed by atoms with Crippen molar-refractivity contribution in [2.75, 3.05) is 5.73 Å². The molecule has 3 N–H and O–H groups in total. The standard InChI is InChI=1S/C15H20BrN3O2/c1-10(19-14(20)21-15(2,3)4)6-5-7-11-9-18-13(17)8-12(11)16/h8-10H,6H2,1-4H3,(H2,17,18)(H,19,20)/t10-/m0/s1. The summed E-state index contributed by atoms with van der Waals surface area (Å²) in [4.78, 5) is 15.6. The summed E-state index contributed by atoms with van der Waals surface area (Å²) in [7, 11) is 0. The molecule has 1 aromatic heterocycles. The van der Waals surface area contributed by atoms with E-state index in [9.17, 15) is 4.79 Å². The van der Waals surface area contributed by atoms with Crippen LogP contribution in [-0.4, -0.2) is 22.7 Å². The fourth-order valence-electron chi connectivity index (χ4n) is 1.40. The Morgan fingerprint density at radius 2 is 2.24 bits per heavy atom. The van der Waals surface area contributed by atoms with E-state index in [0.717, 1.165) is 10.0 Å². The number of nitrogen functional groups attached to an aromatic ring is 1. The largest absolute Gasteiger partial charge is 0.444 e. The number of aromatic nitrogens is 1. The van der Waals surface area contributed by atoms with E-state index in [1.165, 1.54) is 0 Å². The highest BCUT2D eigenvalue weighted by Crippen LogP contribution is 2.16. The SMILES string of the molecule is C[C@@H](CC#Cc1cnc(N)cc1Br)NC(=O)OC(C)(C)C. The van der Waals surface area contributed by atoms with E-state index >= 15 is 0 Å². The summed E-state index contributed by atoms with van der Waals surface area (Å²) in [5.74, 6) is 6.42. The van der Waals surface area contributed by atoms with Crippen molar-refractivity contribution in [3.63, 3.8) is 0 Å². The van der Waals surface area contributed by atoms with E-state index in [2.05, 4.69) is 38.1 Å². The maximum Gasteiger partial charge on any atom is 0.407 e. The summed E-state index contributed by atoms with van der Waals surface area (Å²) < 4.78 is 5.98. The average Bonchev–Trinajstić information content (AvgIpc) is 2.29. The van der Waals surface area contributed by atoms with Crippen molar-refractivity contribution in [1.82, 2.24) is 10.3 Å². The third-order valence-electron chi connectivity index (χ3n) is 2.27. The lowest BCUT2D eigenvalue weighted by atomic mass is 10.2. The molecular formula is C15H20BrN3O2. The van der Waals surface area contributed by atoms with Gasteiger partial charge in [0.05, 0.1) is 5.56 Å². The van der Waals surface area contributed by atoms with Gasteiger partial charge in [0, 0.05) is 23.1 Å². The summed E-state index contributed by atoms with van der Waals surface area (Å²) in [6.07, 6.45) is 1.68. The lowest BCUT2D eigenvalue weighted by molar-refractivity contribution is 0.0509. The fourth-order valence-corrected chi connectivity index (χ4v) is 1.83. The third kappa shape index (κ3) is 7.00. The highest BCUT2D eigenvalue weighted by molar-refractivity contribution is 9.10. The maximum atomic E-state index is 11.6. The van der Waals surface area contributed by atoms with Crippen LogP contribution in [0.1, 0.15) is 39.7 Å². The zero-order chi connectivity index (χ0) is 16.0. The molecule has 6 heteroatoms. The number of amides is 1. The summed E-state index contributed by atoms with van der Waals surface area (Å²) >= 11 is 3.38. The van der Waals surface area contributed by atoms with Gasteiger partial charge in [0.2, 0.25) is 0 Å². The molecule has 0 fully saturated rings. The Morgan fingerprint density at radius 1 is 1.57 bits per heavy atom. The molecule has 0 spiro atoms. The van der Waals surface area contributed by atoms with Crippen LogP contribution in [0.4, 0.5) is 10.6 Å². The Balaban J connectivity index is 2.52. The highest BCUT2D eigenvalue weighted by atomic mass is 79.9. The minimum absolute atomic E-state index is 0.104. The molecule has 0 aliphatic heterocycles. The van der Waals surface area contributed by atoms with Gasteiger partial charge >= 0.3 is 6.09 Å². The molecule has 0 saturated heterocycles. The van der Waals surface area contributed by atoms with Crippen molar-refractivity contribution in [2.45, 2.75) is 45.8 Å². The van der Waals surface area contributed by atoms with Crippen molar-refractivity contribution >= 4 is 27.8 Å². The number of ether oxygens (including phenoxy) is 1. The van der Waals surface area contributed by atoms with E-state index in [0.29, 0.717) is 12.2 Å². The molecule has 1 rings (SSSR count). The first-order valence-electron chi connectivity index (χ1n) is 6.57. The predicted octanol–water partition coefficient (Wildman–Crippen LogP) is 3.08. The summed E-state index contributed by atoms with van der Waals surface area (Å²) in [6.45, 7) is 7.34. The lowest BCUT2D eigenvalue weighted by Crippen LogP contribution is -2.37. The number of nitrogens with one attached hydrogen (secondary N) is 1. The molecule has 21 heavy (non-hydrogen) atoms. The van der Waals surface area contributed by atoms with E-state index in [-0.39, 0.29) is 6.04 Å². The van der Waals surface area contributed by atoms with E-state index < -0.39 is 11.7 Å². The average molecular weight is 354 g/mol. The third-order valence-corrected chi connectivity index (χ3v) is 2.93. The van der Waals surface area contributed by atoms with Crippen molar-refractivity contribution in [3.8, 4) is 11.8 Å². The number of rotatable bonds is 2. The van der Waals surface area contributed by atoms with Gasteiger partial charge < -0.3 is 15.8 Å². The molecule has 0 aromatic carbocycles. The summed E-state index contributed by atoms with van der Waals surface area (Å²) in [6, 6.07) is 1.60. The minimum Gasteiger partial charge on any atom is -0.444 e. The topological polar surface area (TPSA) is 77.2 Å². The Kier molecular flexibility index (Phi) is 6.03. The van der Waals surface area contributed by atoms with Gasteiger partial charge in [0.1, 0.15) is 11.4 Å². The zero-order valence-corrected chi connectivity index (χ0v) is 14.2. The molecule has 0 aliphatic carbocycles. The first kappa shape index (κ1) is 17.3. The quantitative estimate of drug-likeness (QED) is 0.801. The van der Waals surface area contributed by atoms with Gasteiger partial charge in [-0.25, -0.2) is 9.78 Å². The molecule has 1 aromatic rings. The van der Waals surface area contributed by atoms with Gasteiger partial charge in [-0.3, -0.25) is 0 Å². The molecule has 0 radical (unpaired) electrons. The van der Waals surface area contributed by atoms with Gasteiger partial charge in [-0.2, -0.15) is 0 Å². The number of nitrogens with two attached hydrogens (primary N) is 1. The van der Waals surface area contributed by atoms with Gasteiger partial charge in [-0.05, 0) is 49.7 Å². The number of halogens is 1. The van der Waals surface area contributed by atoms with Gasteiger partial charge in [-0.15, -0.1) is 0 Å². The molecule has 114 valence electrons. The fraction of sp³-hybridized carbons (Fsp3) is 0.467. The van der Waals surface area contributed by atoms with Crippen LogP contribution in [-0.2, 0) is 4.74 Å². The number of carbonyl (C=O) groups excluding carboxylic acids is 1. The second-order valence-electron chi connectivity index (χ2n) is 5.64. The second kappa shape index (κ2) is 7.32. The van der Waals surface area contributed by atoms with Crippen LogP contribution < -0.4 is 11.1 Å². The van der Waals surface area contributed by atoms with Crippen LogP contribution in [0.3, 0.4) is 0 Å². The smallest absolute Gasteiger partial charge is 0.407 e. The monoisotopic (exact) mass is 353 g/mol. The zero-order valence-electron chi connectivity index (χ0n) is 12.7. The number of nitrogens with zero attached hydrogens (tertiary/aromatic N) is 1. The highest BCUT2D eigenvalue weighted by Gasteiger charge is 2.17. The Labute approximate surface area is 133 Å². The van der Waals surface area contributed by atoms with E-state index in [1.54, 1.807) is 12.3 Å². The van der Waals surface area contributed by atoms with Gasteiger partial charge in [0.25, 0.3) is 0 Å². The van der Waals surface area contributed by atoms with Crippen LogP contribution in [0.5, 0.6) is 0 Å². The molecule has 1 heterocycles. The van der Waals surface area contributed by atoms with Crippen LogP contribution in [0.15, 0.2) is 16.7 Å². The molecule has 0 saturated carbocycles. The first-order chi connectivity index (χ1) is 9.67. The predicted molar refractivity (Wildman–Crippen MR) is 86.7 cm³/mol. The molecule has 0 bridgehead atoms. The Hall–Kier alpha value is -1.74. The molecule has 1 amide bonds. The van der Waals surface area contributed by atoms with Gasteiger partial charge in [-0.1, -0.05) is 11.8 Å². The number of carbonyl (C=O) groups is 1. The van der Waals surface area contributed by atoms with E-state index in [4.69, 9.17) is 10.5 Å². The normalized spacial score (nSPS) is 12.0. The van der Waals surface area contributed by atoms with Crippen molar-refractivity contribution in [2.24, 2.45) is 0 Å². The lowest BCUT2D eigenvalue weighted by Gasteiger charge is -2.21. The molecular weight excluding hydrogens is 334 g/mol. The number of hydrogen-bond donors (Lipinski definition) is 2. The number of anilines is 1. The summed E-state index contributed by atoms with van der Waals surface area (Å²) in [5, 5.41) is 2.74. The van der Waals surface area contributed by atoms with Crippen molar-refractivity contribution in [1.29, 1.82) is 0 Å². The van der Waals surface area contributed by atoms with Crippen LogP contribution in [0, 0.1) is 11.8 Å².